The number of carbonyl (C=O) groups is 2. The van der Waals surface area contributed by atoms with Gasteiger partial charge in [0, 0.05) is 11.6 Å². The molecule has 7 nitrogen and oxygen atoms in total. The zero-order valence-electron chi connectivity index (χ0n) is 16.6. The average molecular weight is 397 g/mol. The first kappa shape index (κ1) is 20.8. The van der Waals surface area contributed by atoms with Crippen molar-refractivity contribution in [3.8, 4) is 11.3 Å². The maximum atomic E-state index is 11.9. The molecule has 1 aliphatic carbocycles. The quantitative estimate of drug-likeness (QED) is 0.404. The summed E-state index contributed by atoms with van der Waals surface area (Å²) in [6, 6.07) is 11.0. The van der Waals surface area contributed by atoms with Gasteiger partial charge in [0.25, 0.3) is 5.91 Å². The third-order valence-electron chi connectivity index (χ3n) is 4.84. The van der Waals surface area contributed by atoms with Gasteiger partial charge in [-0.05, 0) is 44.0 Å². The highest BCUT2D eigenvalue weighted by molar-refractivity contribution is 5.90. The molecule has 0 spiro atoms. The second kappa shape index (κ2) is 10.6. The van der Waals surface area contributed by atoms with Crippen LogP contribution in [0.25, 0.3) is 11.3 Å². The minimum absolute atomic E-state index is 0.173. The molecule has 0 bridgehead atoms. The van der Waals surface area contributed by atoms with Gasteiger partial charge in [-0.1, -0.05) is 31.4 Å². The molecule has 1 fully saturated rings. The Bertz CT molecular complexity index is 836. The predicted molar refractivity (Wildman–Crippen MR) is 111 cm³/mol. The predicted octanol–water partition coefficient (Wildman–Crippen LogP) is 3.50. The van der Waals surface area contributed by atoms with Gasteiger partial charge >= 0.3 is 5.97 Å². The summed E-state index contributed by atoms with van der Waals surface area (Å²) in [5, 5.41) is 7.22. The van der Waals surface area contributed by atoms with Gasteiger partial charge in [-0.2, -0.15) is 5.10 Å². The Labute approximate surface area is 170 Å². The molecule has 1 heterocycles. The average Bonchev–Trinajstić information content (AvgIpc) is 3.22. The van der Waals surface area contributed by atoms with Gasteiger partial charge < -0.3 is 14.5 Å². The molecule has 2 aromatic rings. The normalized spacial score (nSPS) is 14.8. The second-order valence-corrected chi connectivity index (χ2v) is 7.01. The maximum absolute atomic E-state index is 11.9. The van der Waals surface area contributed by atoms with Gasteiger partial charge in [-0.3, -0.25) is 4.79 Å². The van der Waals surface area contributed by atoms with E-state index in [2.05, 4.69) is 15.8 Å². The van der Waals surface area contributed by atoms with Crippen LogP contribution in [-0.4, -0.2) is 37.3 Å². The third-order valence-corrected chi connectivity index (χ3v) is 4.84. The monoisotopic (exact) mass is 397 g/mol. The summed E-state index contributed by atoms with van der Waals surface area (Å²) in [6.07, 6.45) is 7.47. The van der Waals surface area contributed by atoms with Gasteiger partial charge in [0.05, 0.1) is 24.9 Å². The second-order valence-electron chi connectivity index (χ2n) is 7.01. The molecule has 29 heavy (non-hydrogen) atoms. The molecule has 2 N–H and O–H groups in total. The van der Waals surface area contributed by atoms with E-state index in [1.807, 2.05) is 6.07 Å². The van der Waals surface area contributed by atoms with Crippen LogP contribution in [0.4, 0.5) is 0 Å². The van der Waals surface area contributed by atoms with Crippen LogP contribution < -0.4 is 10.7 Å². The number of ether oxygens (including phenoxy) is 1. The number of carbonyl (C=O) groups excluding carboxylic acids is 2. The van der Waals surface area contributed by atoms with E-state index in [4.69, 9.17) is 9.15 Å². The van der Waals surface area contributed by atoms with E-state index in [1.54, 1.807) is 37.3 Å². The number of nitrogens with one attached hydrogen (secondary N) is 2. The molecule has 3 rings (SSSR count). The van der Waals surface area contributed by atoms with E-state index < -0.39 is 0 Å². The van der Waals surface area contributed by atoms with Crippen molar-refractivity contribution in [3.63, 3.8) is 0 Å². The Morgan fingerprint density at radius 1 is 1.14 bits per heavy atom. The first-order valence-electron chi connectivity index (χ1n) is 10.1. The van der Waals surface area contributed by atoms with Crippen LogP contribution >= 0.6 is 0 Å². The van der Waals surface area contributed by atoms with Crippen molar-refractivity contribution in [1.29, 1.82) is 0 Å². The van der Waals surface area contributed by atoms with E-state index in [9.17, 15) is 9.59 Å². The smallest absolute Gasteiger partial charge is 0.338 e. The molecule has 154 valence electrons. The SMILES string of the molecule is CCOC(=O)c1ccc(-c2ccc(/C=N\NC(=O)CNC3CCCCC3)o2)cc1. The van der Waals surface area contributed by atoms with Gasteiger partial charge in [-0.15, -0.1) is 0 Å². The molecule has 0 saturated heterocycles. The minimum Gasteiger partial charge on any atom is -0.462 e. The van der Waals surface area contributed by atoms with Crippen molar-refractivity contribution in [2.45, 2.75) is 45.1 Å². The minimum atomic E-state index is -0.347. The zero-order valence-corrected chi connectivity index (χ0v) is 16.6. The Hall–Kier alpha value is -2.93. The maximum Gasteiger partial charge on any atom is 0.338 e. The Morgan fingerprint density at radius 2 is 1.90 bits per heavy atom. The fraction of sp³-hybridized carbons (Fsp3) is 0.409. The lowest BCUT2D eigenvalue weighted by Crippen LogP contribution is -2.38. The van der Waals surface area contributed by atoms with Crippen molar-refractivity contribution < 1.29 is 18.7 Å². The summed E-state index contributed by atoms with van der Waals surface area (Å²) in [5.41, 5.74) is 3.83. The number of amides is 1. The number of hydrogen-bond acceptors (Lipinski definition) is 6. The third kappa shape index (κ3) is 6.29. The van der Waals surface area contributed by atoms with E-state index in [1.165, 1.54) is 25.5 Å². The zero-order chi connectivity index (χ0) is 20.5. The number of nitrogens with zero attached hydrogens (tertiary/aromatic N) is 1. The van der Waals surface area contributed by atoms with Crippen molar-refractivity contribution in [2.75, 3.05) is 13.2 Å². The lowest BCUT2D eigenvalue weighted by Gasteiger charge is -2.22. The topological polar surface area (TPSA) is 92.9 Å². The summed E-state index contributed by atoms with van der Waals surface area (Å²) in [5.74, 6) is 0.648. The molecular formula is C22H27N3O4. The molecule has 1 aliphatic rings. The summed E-state index contributed by atoms with van der Waals surface area (Å²) < 4.78 is 10.7. The van der Waals surface area contributed by atoms with Crippen LogP contribution in [0.2, 0.25) is 0 Å². The lowest BCUT2D eigenvalue weighted by molar-refractivity contribution is -0.120. The van der Waals surface area contributed by atoms with E-state index in [0.29, 0.717) is 29.7 Å². The highest BCUT2D eigenvalue weighted by atomic mass is 16.5. The first-order valence-corrected chi connectivity index (χ1v) is 10.1. The van der Waals surface area contributed by atoms with Crippen LogP contribution in [0, 0.1) is 0 Å². The van der Waals surface area contributed by atoms with E-state index >= 15 is 0 Å². The fourth-order valence-corrected chi connectivity index (χ4v) is 3.31. The summed E-state index contributed by atoms with van der Waals surface area (Å²) >= 11 is 0. The highest BCUT2D eigenvalue weighted by Crippen LogP contribution is 2.22. The Morgan fingerprint density at radius 3 is 2.62 bits per heavy atom. The molecule has 7 heteroatoms. The van der Waals surface area contributed by atoms with Crippen LogP contribution in [0.1, 0.15) is 55.1 Å². The summed E-state index contributed by atoms with van der Waals surface area (Å²) in [6.45, 7) is 2.38. The summed E-state index contributed by atoms with van der Waals surface area (Å²) in [4.78, 5) is 23.6. The molecule has 1 aromatic heterocycles. The number of esters is 1. The van der Waals surface area contributed by atoms with Crippen LogP contribution in [-0.2, 0) is 9.53 Å². The molecule has 0 aliphatic heterocycles. The van der Waals surface area contributed by atoms with Crippen molar-refractivity contribution in [2.24, 2.45) is 5.10 Å². The van der Waals surface area contributed by atoms with E-state index in [0.717, 1.165) is 18.4 Å². The summed E-state index contributed by atoms with van der Waals surface area (Å²) in [7, 11) is 0. The van der Waals surface area contributed by atoms with Crippen molar-refractivity contribution in [1.82, 2.24) is 10.7 Å². The van der Waals surface area contributed by atoms with Crippen molar-refractivity contribution in [3.05, 3.63) is 47.7 Å². The fourth-order valence-electron chi connectivity index (χ4n) is 3.31. The standard InChI is InChI=1S/C22H27N3O4/c1-2-28-22(27)17-10-8-16(9-11-17)20-13-12-19(29-20)14-24-25-21(26)15-23-18-6-4-3-5-7-18/h8-14,18,23H,2-7,15H2,1H3,(H,25,26)/b24-14-. The molecular weight excluding hydrogens is 370 g/mol. The molecule has 0 radical (unpaired) electrons. The molecule has 0 atom stereocenters. The molecule has 1 aromatic carbocycles. The number of hydrogen-bond donors (Lipinski definition) is 2. The van der Waals surface area contributed by atoms with Crippen LogP contribution in [0.3, 0.4) is 0 Å². The number of furan rings is 1. The number of rotatable bonds is 8. The number of benzene rings is 1. The lowest BCUT2D eigenvalue weighted by atomic mass is 9.95. The van der Waals surface area contributed by atoms with E-state index in [-0.39, 0.29) is 18.4 Å². The van der Waals surface area contributed by atoms with Gasteiger partial charge in [0.15, 0.2) is 0 Å². The first-order chi connectivity index (χ1) is 14.2. The van der Waals surface area contributed by atoms with Crippen LogP contribution in [0.15, 0.2) is 45.9 Å². The van der Waals surface area contributed by atoms with Gasteiger partial charge in [0.1, 0.15) is 11.5 Å². The largest absolute Gasteiger partial charge is 0.462 e. The number of hydrazone groups is 1. The Kier molecular flexibility index (Phi) is 7.58. The van der Waals surface area contributed by atoms with Crippen molar-refractivity contribution >= 4 is 18.1 Å². The van der Waals surface area contributed by atoms with Crippen LogP contribution in [0.5, 0.6) is 0 Å². The molecule has 1 amide bonds. The van der Waals surface area contributed by atoms with Gasteiger partial charge in [0.2, 0.25) is 0 Å². The highest BCUT2D eigenvalue weighted by Gasteiger charge is 2.13. The Balaban J connectivity index is 1.48. The molecule has 0 unspecified atom stereocenters. The molecule has 1 saturated carbocycles. The van der Waals surface area contributed by atoms with Gasteiger partial charge in [-0.25, -0.2) is 10.2 Å².